The van der Waals surface area contributed by atoms with Gasteiger partial charge in [0.1, 0.15) is 0 Å². The van der Waals surface area contributed by atoms with E-state index in [1.165, 1.54) is 38.5 Å². The van der Waals surface area contributed by atoms with Gasteiger partial charge in [-0.3, -0.25) is 4.79 Å². The molecule has 3 rings (SSSR count). The van der Waals surface area contributed by atoms with Crippen LogP contribution in [-0.4, -0.2) is 48.7 Å². The summed E-state index contributed by atoms with van der Waals surface area (Å²) in [6.07, 6.45) is 11.3. The lowest BCUT2D eigenvalue weighted by Gasteiger charge is -2.59. The molecule has 4 heteroatoms. The van der Waals surface area contributed by atoms with Gasteiger partial charge in [-0.05, 0) is 39.0 Å². The third-order valence-electron chi connectivity index (χ3n) is 6.52. The average molecular weight is 322 g/mol. The summed E-state index contributed by atoms with van der Waals surface area (Å²) in [4.78, 5) is 13.8. The standard InChI is InChI=1S/C19H34N2O2/c1-3-18(22)21-12-8-15(9-13-21)20-16-14-17(23-4-2)19(16)10-6-5-7-11-19/h15-17,20H,3-14H2,1-2H3. The molecule has 2 aliphatic carbocycles. The summed E-state index contributed by atoms with van der Waals surface area (Å²) in [5.74, 6) is 0.312. The highest BCUT2D eigenvalue weighted by Gasteiger charge is 2.55. The van der Waals surface area contributed by atoms with Crippen LogP contribution >= 0.6 is 0 Å². The summed E-state index contributed by atoms with van der Waals surface area (Å²) in [6, 6.07) is 1.22. The maximum absolute atomic E-state index is 11.8. The van der Waals surface area contributed by atoms with Crippen molar-refractivity contribution in [2.75, 3.05) is 19.7 Å². The van der Waals surface area contributed by atoms with Crippen LogP contribution in [0.1, 0.15) is 71.6 Å². The minimum absolute atomic E-state index is 0.312. The van der Waals surface area contributed by atoms with Crippen LogP contribution in [0.25, 0.3) is 0 Å². The summed E-state index contributed by atoms with van der Waals surface area (Å²) in [5.41, 5.74) is 0.407. The van der Waals surface area contributed by atoms with E-state index in [1.54, 1.807) is 0 Å². The molecule has 3 fully saturated rings. The predicted octanol–water partition coefficient (Wildman–Crippen LogP) is 3.10. The molecule has 0 radical (unpaired) electrons. The van der Waals surface area contributed by atoms with Crippen molar-refractivity contribution in [3.8, 4) is 0 Å². The molecule has 0 bridgehead atoms. The monoisotopic (exact) mass is 322 g/mol. The Kier molecular flexibility index (Phi) is 5.63. The fourth-order valence-electron chi connectivity index (χ4n) is 5.10. The molecule has 1 heterocycles. The highest BCUT2D eigenvalue weighted by atomic mass is 16.5. The van der Waals surface area contributed by atoms with Crippen LogP contribution in [0.3, 0.4) is 0 Å². The Morgan fingerprint density at radius 3 is 2.48 bits per heavy atom. The van der Waals surface area contributed by atoms with Crippen molar-refractivity contribution in [2.24, 2.45) is 5.41 Å². The first-order valence-electron chi connectivity index (χ1n) is 9.85. The van der Waals surface area contributed by atoms with Crippen LogP contribution in [0.15, 0.2) is 0 Å². The van der Waals surface area contributed by atoms with Gasteiger partial charge in [-0.25, -0.2) is 0 Å². The molecule has 1 spiro atoms. The normalized spacial score (nSPS) is 31.1. The molecule has 2 unspecified atom stereocenters. The Balaban J connectivity index is 1.53. The minimum Gasteiger partial charge on any atom is -0.378 e. The Bertz CT molecular complexity index is 398. The number of piperidine rings is 1. The van der Waals surface area contributed by atoms with E-state index in [4.69, 9.17) is 4.74 Å². The molecule has 1 N–H and O–H groups in total. The average Bonchev–Trinajstić information content (AvgIpc) is 2.61. The van der Waals surface area contributed by atoms with E-state index in [0.29, 0.717) is 35.9 Å². The van der Waals surface area contributed by atoms with Gasteiger partial charge in [0, 0.05) is 43.6 Å². The molecule has 23 heavy (non-hydrogen) atoms. The van der Waals surface area contributed by atoms with E-state index in [9.17, 15) is 4.79 Å². The number of carbonyl (C=O) groups excluding carboxylic acids is 1. The van der Waals surface area contributed by atoms with Crippen molar-refractivity contribution >= 4 is 5.91 Å². The van der Waals surface area contributed by atoms with Gasteiger partial charge in [0.15, 0.2) is 0 Å². The lowest BCUT2D eigenvalue weighted by molar-refractivity contribution is -0.153. The molecular weight excluding hydrogens is 288 g/mol. The van der Waals surface area contributed by atoms with Gasteiger partial charge < -0.3 is 15.0 Å². The maximum atomic E-state index is 11.8. The number of likely N-dealkylation sites (tertiary alicyclic amines) is 1. The van der Waals surface area contributed by atoms with Gasteiger partial charge in [-0.2, -0.15) is 0 Å². The fourth-order valence-corrected chi connectivity index (χ4v) is 5.10. The van der Waals surface area contributed by atoms with Crippen molar-refractivity contribution in [2.45, 2.75) is 89.8 Å². The van der Waals surface area contributed by atoms with Crippen LogP contribution in [0.5, 0.6) is 0 Å². The fraction of sp³-hybridized carbons (Fsp3) is 0.947. The first-order chi connectivity index (χ1) is 11.2. The van der Waals surface area contributed by atoms with E-state index >= 15 is 0 Å². The van der Waals surface area contributed by atoms with E-state index in [0.717, 1.165) is 32.5 Å². The van der Waals surface area contributed by atoms with E-state index < -0.39 is 0 Å². The first-order valence-corrected chi connectivity index (χ1v) is 9.85. The highest BCUT2D eigenvalue weighted by molar-refractivity contribution is 5.75. The summed E-state index contributed by atoms with van der Waals surface area (Å²) < 4.78 is 6.06. The SMILES string of the molecule is CCOC1CC(NC2CCN(C(=O)CC)CC2)C12CCCCC2. The predicted molar refractivity (Wildman–Crippen MR) is 92.4 cm³/mol. The summed E-state index contributed by atoms with van der Waals surface area (Å²) in [5, 5.41) is 3.96. The lowest BCUT2D eigenvalue weighted by atomic mass is 9.55. The number of carbonyl (C=O) groups is 1. The van der Waals surface area contributed by atoms with Gasteiger partial charge in [-0.15, -0.1) is 0 Å². The molecule has 0 aromatic rings. The van der Waals surface area contributed by atoms with Crippen molar-refractivity contribution in [1.82, 2.24) is 10.2 Å². The number of amides is 1. The summed E-state index contributed by atoms with van der Waals surface area (Å²) in [7, 11) is 0. The molecule has 0 aromatic carbocycles. The largest absolute Gasteiger partial charge is 0.378 e. The van der Waals surface area contributed by atoms with Crippen molar-refractivity contribution in [3.63, 3.8) is 0 Å². The Labute approximate surface area is 141 Å². The topological polar surface area (TPSA) is 41.6 Å². The Hall–Kier alpha value is -0.610. The summed E-state index contributed by atoms with van der Waals surface area (Å²) >= 11 is 0. The molecule has 1 aliphatic heterocycles. The third kappa shape index (κ3) is 3.43. The molecule has 2 atom stereocenters. The smallest absolute Gasteiger partial charge is 0.222 e. The molecule has 1 saturated heterocycles. The van der Waals surface area contributed by atoms with Gasteiger partial charge >= 0.3 is 0 Å². The Morgan fingerprint density at radius 2 is 1.87 bits per heavy atom. The maximum Gasteiger partial charge on any atom is 0.222 e. The van der Waals surface area contributed by atoms with E-state index in [2.05, 4.69) is 12.2 Å². The summed E-state index contributed by atoms with van der Waals surface area (Å²) in [6.45, 7) is 6.79. The van der Waals surface area contributed by atoms with Gasteiger partial charge in [-0.1, -0.05) is 26.2 Å². The van der Waals surface area contributed by atoms with E-state index in [1.807, 2.05) is 11.8 Å². The molecule has 4 nitrogen and oxygen atoms in total. The first kappa shape index (κ1) is 17.2. The second kappa shape index (κ2) is 7.52. The van der Waals surface area contributed by atoms with Gasteiger partial charge in [0.05, 0.1) is 6.10 Å². The quantitative estimate of drug-likeness (QED) is 0.845. The molecule has 3 aliphatic rings. The zero-order valence-corrected chi connectivity index (χ0v) is 15.0. The second-order valence-corrected chi connectivity index (χ2v) is 7.70. The number of rotatable bonds is 5. The lowest BCUT2D eigenvalue weighted by Crippen LogP contribution is -2.66. The number of nitrogens with one attached hydrogen (secondary N) is 1. The number of hydrogen-bond donors (Lipinski definition) is 1. The zero-order chi connectivity index (χ0) is 16.3. The third-order valence-corrected chi connectivity index (χ3v) is 6.52. The van der Waals surface area contributed by atoms with Crippen LogP contribution in [0.2, 0.25) is 0 Å². The van der Waals surface area contributed by atoms with Crippen LogP contribution < -0.4 is 5.32 Å². The van der Waals surface area contributed by atoms with E-state index in [-0.39, 0.29) is 0 Å². The molecular formula is C19H34N2O2. The van der Waals surface area contributed by atoms with Gasteiger partial charge in [0.2, 0.25) is 5.91 Å². The van der Waals surface area contributed by atoms with Crippen LogP contribution in [0, 0.1) is 5.41 Å². The molecule has 132 valence electrons. The Morgan fingerprint density at radius 1 is 1.17 bits per heavy atom. The van der Waals surface area contributed by atoms with Crippen LogP contribution in [-0.2, 0) is 9.53 Å². The number of ether oxygens (including phenoxy) is 1. The molecule has 1 amide bonds. The molecule has 2 saturated carbocycles. The highest BCUT2D eigenvalue weighted by Crippen LogP contribution is 2.53. The van der Waals surface area contributed by atoms with Crippen molar-refractivity contribution < 1.29 is 9.53 Å². The second-order valence-electron chi connectivity index (χ2n) is 7.70. The molecule has 0 aromatic heterocycles. The zero-order valence-electron chi connectivity index (χ0n) is 15.0. The minimum atomic E-state index is 0.312. The number of hydrogen-bond acceptors (Lipinski definition) is 3. The number of nitrogens with zero attached hydrogens (tertiary/aromatic N) is 1. The van der Waals surface area contributed by atoms with Gasteiger partial charge in [0.25, 0.3) is 0 Å². The van der Waals surface area contributed by atoms with Crippen molar-refractivity contribution in [3.05, 3.63) is 0 Å². The van der Waals surface area contributed by atoms with Crippen molar-refractivity contribution in [1.29, 1.82) is 0 Å². The van der Waals surface area contributed by atoms with Crippen LogP contribution in [0.4, 0.5) is 0 Å².